The Morgan fingerprint density at radius 2 is 2.04 bits per heavy atom. The highest BCUT2D eigenvalue weighted by atomic mass is 35.5. The lowest BCUT2D eigenvalue weighted by Gasteiger charge is -2.15. The van der Waals surface area contributed by atoms with Crippen molar-refractivity contribution in [2.45, 2.75) is 20.4 Å². The first kappa shape index (κ1) is 21.0. The van der Waals surface area contributed by atoms with E-state index in [4.69, 9.17) is 21.1 Å². The van der Waals surface area contributed by atoms with Gasteiger partial charge in [0.15, 0.2) is 11.5 Å². The van der Waals surface area contributed by atoms with E-state index in [-0.39, 0.29) is 5.91 Å². The fourth-order valence-corrected chi connectivity index (χ4v) is 2.70. The van der Waals surface area contributed by atoms with E-state index < -0.39 is 0 Å². The third-order valence-electron chi connectivity index (χ3n) is 3.62. The van der Waals surface area contributed by atoms with Crippen LogP contribution in [0.5, 0.6) is 11.5 Å². The maximum atomic E-state index is 12.6. The number of hydrogen-bond acceptors (Lipinski definition) is 5. The molecule has 1 N–H and O–H groups in total. The van der Waals surface area contributed by atoms with Crippen molar-refractivity contribution in [2.24, 2.45) is 5.92 Å². The minimum absolute atomic E-state index is 0.319. The molecule has 7 heteroatoms. The van der Waals surface area contributed by atoms with E-state index in [1.807, 2.05) is 45.0 Å². The van der Waals surface area contributed by atoms with E-state index in [1.54, 1.807) is 18.3 Å². The Bertz CT molecular complexity index is 794. The van der Waals surface area contributed by atoms with Crippen LogP contribution in [0.4, 0.5) is 5.82 Å². The van der Waals surface area contributed by atoms with Crippen LogP contribution >= 0.6 is 11.6 Å². The molecular weight excluding hydrogens is 366 g/mol. The summed E-state index contributed by atoms with van der Waals surface area (Å²) in [6, 6.07) is 6.94. The maximum absolute atomic E-state index is 12.6. The lowest BCUT2D eigenvalue weighted by molar-refractivity contribution is 0.102. The quantitative estimate of drug-likeness (QED) is 0.734. The van der Waals surface area contributed by atoms with Gasteiger partial charge in [-0.15, -0.1) is 0 Å². The van der Waals surface area contributed by atoms with Gasteiger partial charge in [-0.25, -0.2) is 4.98 Å². The fraction of sp³-hybridized carbons (Fsp3) is 0.400. The summed E-state index contributed by atoms with van der Waals surface area (Å²) < 4.78 is 11.1. The molecule has 0 fully saturated rings. The van der Waals surface area contributed by atoms with Crippen LogP contribution in [-0.4, -0.2) is 43.6 Å². The van der Waals surface area contributed by atoms with Gasteiger partial charge in [0.25, 0.3) is 5.91 Å². The summed E-state index contributed by atoms with van der Waals surface area (Å²) in [5, 5.41) is 3.12. The van der Waals surface area contributed by atoms with Crippen molar-refractivity contribution in [1.82, 2.24) is 9.88 Å². The van der Waals surface area contributed by atoms with Crippen LogP contribution in [0.2, 0.25) is 5.02 Å². The molecule has 2 aromatic rings. The van der Waals surface area contributed by atoms with Gasteiger partial charge in [0.05, 0.1) is 18.7 Å². The number of methoxy groups -OCH3 is 1. The van der Waals surface area contributed by atoms with Crippen LogP contribution in [0.25, 0.3) is 0 Å². The number of ether oxygens (including phenoxy) is 2. The van der Waals surface area contributed by atoms with E-state index in [9.17, 15) is 4.79 Å². The van der Waals surface area contributed by atoms with E-state index in [1.165, 1.54) is 7.11 Å². The highest BCUT2D eigenvalue weighted by Gasteiger charge is 2.17. The number of hydrogen-bond donors (Lipinski definition) is 1. The normalized spacial score (nSPS) is 11.0. The predicted molar refractivity (Wildman–Crippen MR) is 108 cm³/mol. The minimum atomic E-state index is -0.319. The molecule has 0 saturated heterocycles. The number of halogens is 1. The summed E-state index contributed by atoms with van der Waals surface area (Å²) in [7, 11) is 5.48. The number of carbonyl (C=O) groups is 1. The van der Waals surface area contributed by atoms with Gasteiger partial charge in [-0.1, -0.05) is 25.4 Å². The topological polar surface area (TPSA) is 63.7 Å². The zero-order valence-electron chi connectivity index (χ0n) is 16.4. The van der Waals surface area contributed by atoms with Crippen molar-refractivity contribution in [3.63, 3.8) is 0 Å². The summed E-state index contributed by atoms with van der Waals surface area (Å²) in [5.74, 6) is 1.36. The Hall–Kier alpha value is -2.31. The number of nitrogens with zero attached hydrogens (tertiary/aromatic N) is 2. The Kier molecular flexibility index (Phi) is 7.45. The van der Waals surface area contributed by atoms with E-state index >= 15 is 0 Å². The number of benzene rings is 1. The molecular formula is C20H26ClN3O3. The Labute approximate surface area is 165 Å². The Morgan fingerprint density at radius 3 is 2.67 bits per heavy atom. The standard InChI is InChI=1S/C20H26ClN3O3/c1-13(2)12-27-19-16(21)9-15(10-17(19)26-5)20(25)23-18-8-14(6-7-22-18)11-24(3)4/h6-10,13H,11-12H2,1-5H3,(H,22,23,25). The van der Waals surface area contributed by atoms with Crippen molar-refractivity contribution in [1.29, 1.82) is 0 Å². The molecule has 146 valence electrons. The van der Waals surface area contributed by atoms with Crippen molar-refractivity contribution < 1.29 is 14.3 Å². The molecule has 0 saturated carbocycles. The molecule has 0 aliphatic carbocycles. The average Bonchev–Trinajstić information content (AvgIpc) is 2.59. The number of aromatic nitrogens is 1. The van der Waals surface area contributed by atoms with Gasteiger partial charge in [-0.3, -0.25) is 4.79 Å². The first-order valence-electron chi connectivity index (χ1n) is 8.71. The summed E-state index contributed by atoms with van der Waals surface area (Å²) in [5.41, 5.74) is 1.42. The molecule has 0 atom stereocenters. The number of amides is 1. The maximum Gasteiger partial charge on any atom is 0.257 e. The Morgan fingerprint density at radius 1 is 1.30 bits per heavy atom. The molecule has 1 heterocycles. The lowest BCUT2D eigenvalue weighted by atomic mass is 10.1. The smallest absolute Gasteiger partial charge is 0.257 e. The van der Waals surface area contributed by atoms with Crippen molar-refractivity contribution in [2.75, 3.05) is 33.1 Å². The number of nitrogens with one attached hydrogen (secondary N) is 1. The predicted octanol–water partition coefficient (Wildman–Crippen LogP) is 4.09. The molecule has 2 rings (SSSR count). The summed E-state index contributed by atoms with van der Waals surface area (Å²) in [6.07, 6.45) is 1.67. The second kappa shape index (κ2) is 9.58. The van der Waals surface area contributed by atoms with Crippen molar-refractivity contribution >= 4 is 23.3 Å². The summed E-state index contributed by atoms with van der Waals surface area (Å²) in [6.45, 7) is 5.34. The van der Waals surface area contributed by atoms with Gasteiger partial charge in [-0.2, -0.15) is 0 Å². The average molecular weight is 392 g/mol. The highest BCUT2D eigenvalue weighted by molar-refractivity contribution is 6.32. The van der Waals surface area contributed by atoms with E-state index in [0.717, 1.165) is 12.1 Å². The molecule has 6 nitrogen and oxygen atoms in total. The second-order valence-corrected chi connectivity index (χ2v) is 7.34. The zero-order valence-corrected chi connectivity index (χ0v) is 17.1. The Balaban J connectivity index is 2.20. The first-order valence-corrected chi connectivity index (χ1v) is 9.09. The van der Waals surface area contributed by atoms with Gasteiger partial charge in [0, 0.05) is 18.3 Å². The van der Waals surface area contributed by atoms with Crippen molar-refractivity contribution in [3.8, 4) is 11.5 Å². The zero-order chi connectivity index (χ0) is 20.0. The number of anilines is 1. The SMILES string of the molecule is COc1cc(C(=O)Nc2cc(CN(C)C)ccn2)cc(Cl)c1OCC(C)C. The first-order chi connectivity index (χ1) is 12.8. The van der Waals surface area contributed by atoms with E-state index in [0.29, 0.717) is 40.4 Å². The highest BCUT2D eigenvalue weighted by Crippen LogP contribution is 2.36. The lowest BCUT2D eigenvalue weighted by Crippen LogP contribution is -2.15. The second-order valence-electron chi connectivity index (χ2n) is 6.94. The van der Waals surface area contributed by atoms with Gasteiger partial charge in [0.1, 0.15) is 5.82 Å². The third kappa shape index (κ3) is 6.12. The van der Waals surface area contributed by atoms with Crippen LogP contribution in [0.15, 0.2) is 30.5 Å². The molecule has 1 amide bonds. The largest absolute Gasteiger partial charge is 0.493 e. The molecule has 0 unspecified atom stereocenters. The molecule has 0 spiro atoms. The molecule has 1 aromatic carbocycles. The van der Waals surface area contributed by atoms with E-state index in [2.05, 4.69) is 10.3 Å². The van der Waals surface area contributed by atoms with Gasteiger partial charge >= 0.3 is 0 Å². The number of pyridine rings is 1. The van der Waals surface area contributed by atoms with Crippen LogP contribution in [0, 0.1) is 5.92 Å². The summed E-state index contributed by atoms with van der Waals surface area (Å²) in [4.78, 5) is 18.9. The fourth-order valence-electron chi connectivity index (χ4n) is 2.44. The molecule has 0 aliphatic rings. The molecule has 0 radical (unpaired) electrons. The molecule has 27 heavy (non-hydrogen) atoms. The van der Waals surface area contributed by atoms with Crippen LogP contribution < -0.4 is 14.8 Å². The van der Waals surface area contributed by atoms with Gasteiger partial charge in [0.2, 0.25) is 0 Å². The van der Waals surface area contributed by atoms with Crippen LogP contribution in [-0.2, 0) is 6.54 Å². The number of carbonyl (C=O) groups excluding carboxylic acids is 1. The third-order valence-corrected chi connectivity index (χ3v) is 3.90. The molecule has 1 aromatic heterocycles. The van der Waals surface area contributed by atoms with Gasteiger partial charge in [-0.05, 0) is 49.8 Å². The van der Waals surface area contributed by atoms with Crippen LogP contribution in [0.3, 0.4) is 0 Å². The molecule has 0 bridgehead atoms. The number of rotatable bonds is 8. The van der Waals surface area contributed by atoms with Crippen molar-refractivity contribution in [3.05, 3.63) is 46.6 Å². The molecule has 0 aliphatic heterocycles. The van der Waals surface area contributed by atoms with Crippen LogP contribution in [0.1, 0.15) is 29.8 Å². The summed E-state index contributed by atoms with van der Waals surface area (Å²) >= 11 is 6.32. The minimum Gasteiger partial charge on any atom is -0.493 e. The monoisotopic (exact) mass is 391 g/mol. The van der Waals surface area contributed by atoms with Gasteiger partial charge < -0.3 is 19.7 Å².